The van der Waals surface area contributed by atoms with E-state index in [0.717, 1.165) is 22.2 Å². The van der Waals surface area contributed by atoms with Gasteiger partial charge >= 0.3 is 0 Å². The quantitative estimate of drug-likeness (QED) is 0.759. The summed E-state index contributed by atoms with van der Waals surface area (Å²) < 4.78 is 13.2. The monoisotopic (exact) mass is 338 g/mol. The molecule has 0 atom stereocenters. The van der Waals surface area contributed by atoms with Gasteiger partial charge in [-0.1, -0.05) is 17.7 Å². The third kappa shape index (κ3) is 3.94. The molecule has 0 aliphatic rings. The fourth-order valence-electron chi connectivity index (χ4n) is 2.82. The van der Waals surface area contributed by atoms with Crippen LogP contribution < -0.4 is 10.9 Å². The number of aromatic amines is 1. The fraction of sp³-hybridized carbons (Fsp3) is 0.200. The zero-order chi connectivity index (χ0) is 18.0. The summed E-state index contributed by atoms with van der Waals surface area (Å²) in [5.41, 5.74) is 3.58. The number of H-pyrrole nitrogens is 1. The highest BCUT2D eigenvalue weighted by Gasteiger charge is 2.09. The van der Waals surface area contributed by atoms with Crippen LogP contribution in [0.1, 0.15) is 23.1 Å². The van der Waals surface area contributed by atoms with Gasteiger partial charge in [-0.3, -0.25) is 9.59 Å². The standard InChI is InChI=1S/C20H19FN2O2/c1-12-3-7-17(13(2)9-12)22-19(24)8-5-15-10-14-4-6-16(21)11-18(14)23-20(15)25/h3-4,6-7,9-11H,5,8H2,1-2H3,(H,22,24)(H,23,25). The first-order valence-electron chi connectivity index (χ1n) is 8.11. The number of hydrogen-bond acceptors (Lipinski definition) is 2. The van der Waals surface area contributed by atoms with Crippen LogP contribution in [-0.2, 0) is 11.2 Å². The van der Waals surface area contributed by atoms with E-state index in [0.29, 0.717) is 17.5 Å². The summed E-state index contributed by atoms with van der Waals surface area (Å²) in [6.07, 6.45) is 0.516. The van der Waals surface area contributed by atoms with Crippen LogP contribution >= 0.6 is 0 Å². The average Bonchev–Trinajstić information content (AvgIpc) is 2.55. The number of hydrogen-bond donors (Lipinski definition) is 2. The molecule has 0 radical (unpaired) electrons. The Hall–Kier alpha value is -2.95. The van der Waals surface area contributed by atoms with Crippen molar-refractivity contribution in [1.29, 1.82) is 0 Å². The molecule has 4 nitrogen and oxygen atoms in total. The van der Waals surface area contributed by atoms with Crippen molar-refractivity contribution in [2.45, 2.75) is 26.7 Å². The van der Waals surface area contributed by atoms with Gasteiger partial charge < -0.3 is 10.3 Å². The number of nitrogens with one attached hydrogen (secondary N) is 2. The van der Waals surface area contributed by atoms with Gasteiger partial charge in [0.05, 0.1) is 5.52 Å². The number of halogens is 1. The second-order valence-electron chi connectivity index (χ2n) is 6.22. The molecule has 0 spiro atoms. The molecule has 3 aromatic rings. The van der Waals surface area contributed by atoms with Crippen LogP contribution in [0.25, 0.3) is 10.9 Å². The zero-order valence-electron chi connectivity index (χ0n) is 14.2. The lowest BCUT2D eigenvalue weighted by molar-refractivity contribution is -0.116. The van der Waals surface area contributed by atoms with Gasteiger partial charge in [-0.2, -0.15) is 0 Å². The van der Waals surface area contributed by atoms with E-state index >= 15 is 0 Å². The van der Waals surface area contributed by atoms with Crippen LogP contribution in [0.15, 0.2) is 47.3 Å². The molecule has 1 aromatic heterocycles. The molecule has 2 N–H and O–H groups in total. The van der Waals surface area contributed by atoms with E-state index in [2.05, 4.69) is 10.3 Å². The molecule has 2 aromatic carbocycles. The number of benzene rings is 2. The lowest BCUT2D eigenvalue weighted by Gasteiger charge is -2.09. The lowest BCUT2D eigenvalue weighted by atomic mass is 10.1. The highest BCUT2D eigenvalue weighted by Crippen LogP contribution is 2.17. The Bertz CT molecular complexity index is 1010. The SMILES string of the molecule is Cc1ccc(NC(=O)CCc2cc3ccc(F)cc3[nH]c2=O)c(C)c1. The van der Waals surface area contributed by atoms with Crippen molar-refractivity contribution in [2.75, 3.05) is 5.32 Å². The Morgan fingerprint density at radius 3 is 2.68 bits per heavy atom. The molecule has 0 aliphatic heterocycles. The minimum absolute atomic E-state index is 0.148. The van der Waals surface area contributed by atoms with Gasteiger partial charge in [0.2, 0.25) is 5.91 Å². The first-order chi connectivity index (χ1) is 11.9. The third-order valence-corrected chi connectivity index (χ3v) is 4.16. The maximum atomic E-state index is 13.2. The Balaban J connectivity index is 1.71. The lowest BCUT2D eigenvalue weighted by Crippen LogP contribution is -2.17. The predicted molar refractivity (Wildman–Crippen MR) is 97.4 cm³/mol. The van der Waals surface area contributed by atoms with E-state index in [1.807, 2.05) is 32.0 Å². The highest BCUT2D eigenvalue weighted by atomic mass is 19.1. The largest absolute Gasteiger partial charge is 0.326 e. The average molecular weight is 338 g/mol. The van der Waals surface area contributed by atoms with Crippen LogP contribution in [0.5, 0.6) is 0 Å². The second-order valence-corrected chi connectivity index (χ2v) is 6.22. The van der Waals surface area contributed by atoms with Gasteiger partial charge in [0, 0.05) is 17.7 Å². The molecule has 1 heterocycles. The summed E-state index contributed by atoms with van der Waals surface area (Å²) in [6, 6.07) is 11.8. The number of carbonyl (C=O) groups is 1. The summed E-state index contributed by atoms with van der Waals surface area (Å²) >= 11 is 0. The van der Waals surface area contributed by atoms with E-state index in [4.69, 9.17) is 0 Å². The molecule has 0 saturated heterocycles. The van der Waals surface area contributed by atoms with Crippen molar-refractivity contribution in [3.8, 4) is 0 Å². The molecule has 0 aliphatic carbocycles. The highest BCUT2D eigenvalue weighted by molar-refractivity contribution is 5.91. The molecular formula is C20H19FN2O2. The van der Waals surface area contributed by atoms with Crippen molar-refractivity contribution in [3.63, 3.8) is 0 Å². The van der Waals surface area contributed by atoms with Gasteiger partial charge in [0.15, 0.2) is 0 Å². The predicted octanol–water partition coefficient (Wildman–Crippen LogP) is 3.86. The number of amides is 1. The number of carbonyl (C=O) groups excluding carboxylic acids is 1. The minimum atomic E-state index is -0.399. The molecule has 0 unspecified atom stereocenters. The smallest absolute Gasteiger partial charge is 0.251 e. The van der Waals surface area contributed by atoms with Crippen molar-refractivity contribution < 1.29 is 9.18 Å². The molecule has 3 rings (SSSR count). The van der Waals surface area contributed by atoms with Crippen molar-refractivity contribution in [3.05, 3.63) is 75.3 Å². The van der Waals surface area contributed by atoms with Gasteiger partial charge in [0.1, 0.15) is 5.82 Å². The molecule has 25 heavy (non-hydrogen) atoms. The molecule has 0 fully saturated rings. The number of pyridine rings is 1. The van der Waals surface area contributed by atoms with Crippen molar-refractivity contribution >= 4 is 22.5 Å². The van der Waals surface area contributed by atoms with E-state index in [1.54, 1.807) is 12.1 Å². The molecule has 128 valence electrons. The minimum Gasteiger partial charge on any atom is -0.326 e. The van der Waals surface area contributed by atoms with Crippen LogP contribution in [0, 0.1) is 19.7 Å². The van der Waals surface area contributed by atoms with Crippen molar-refractivity contribution in [1.82, 2.24) is 4.98 Å². The summed E-state index contributed by atoms with van der Waals surface area (Å²) in [7, 11) is 0. The van der Waals surface area contributed by atoms with E-state index in [1.165, 1.54) is 12.1 Å². The topological polar surface area (TPSA) is 62.0 Å². The van der Waals surface area contributed by atoms with Crippen LogP contribution in [0.4, 0.5) is 10.1 Å². The number of rotatable bonds is 4. The molecule has 1 amide bonds. The maximum absolute atomic E-state index is 13.2. The fourth-order valence-corrected chi connectivity index (χ4v) is 2.82. The zero-order valence-corrected chi connectivity index (χ0v) is 14.2. The molecule has 0 bridgehead atoms. The summed E-state index contributed by atoms with van der Waals surface area (Å²) in [5, 5.41) is 3.61. The molecule has 0 saturated carbocycles. The normalized spacial score (nSPS) is 10.8. The Morgan fingerprint density at radius 2 is 1.92 bits per heavy atom. The summed E-state index contributed by atoms with van der Waals surface area (Å²) in [5.74, 6) is -0.547. The van der Waals surface area contributed by atoms with Crippen molar-refractivity contribution in [2.24, 2.45) is 0 Å². The number of aryl methyl sites for hydroxylation is 3. The number of fused-ring (bicyclic) bond motifs is 1. The number of aromatic nitrogens is 1. The summed E-state index contributed by atoms with van der Waals surface area (Å²) in [4.78, 5) is 26.9. The van der Waals surface area contributed by atoms with E-state index in [9.17, 15) is 14.0 Å². The Labute approximate surface area is 144 Å². The molecule has 5 heteroatoms. The third-order valence-electron chi connectivity index (χ3n) is 4.16. The van der Waals surface area contributed by atoms with Gasteiger partial charge in [-0.15, -0.1) is 0 Å². The van der Waals surface area contributed by atoms with Gasteiger partial charge in [0.25, 0.3) is 5.56 Å². The Morgan fingerprint density at radius 1 is 1.12 bits per heavy atom. The number of anilines is 1. The van der Waals surface area contributed by atoms with Crippen LogP contribution in [-0.4, -0.2) is 10.9 Å². The van der Waals surface area contributed by atoms with E-state index in [-0.39, 0.29) is 17.9 Å². The van der Waals surface area contributed by atoms with Crippen LogP contribution in [0.3, 0.4) is 0 Å². The second kappa shape index (κ2) is 6.89. The Kier molecular flexibility index (Phi) is 4.65. The van der Waals surface area contributed by atoms with E-state index < -0.39 is 5.82 Å². The van der Waals surface area contributed by atoms with Gasteiger partial charge in [-0.05, 0) is 61.5 Å². The first-order valence-corrected chi connectivity index (χ1v) is 8.11. The first kappa shape index (κ1) is 16.9. The van der Waals surface area contributed by atoms with Gasteiger partial charge in [-0.25, -0.2) is 4.39 Å². The maximum Gasteiger partial charge on any atom is 0.251 e. The molecular weight excluding hydrogens is 319 g/mol. The van der Waals surface area contributed by atoms with Crippen LogP contribution in [0.2, 0.25) is 0 Å². The summed E-state index contributed by atoms with van der Waals surface area (Å²) in [6.45, 7) is 3.94.